The van der Waals surface area contributed by atoms with Gasteiger partial charge in [-0.05, 0) is 43.9 Å². The van der Waals surface area contributed by atoms with E-state index in [0.29, 0.717) is 18.8 Å². The minimum Gasteiger partial charge on any atom is -0.493 e. The number of benzene rings is 1. The highest BCUT2D eigenvalue weighted by Gasteiger charge is 2.21. The normalized spacial score (nSPS) is 18.3. The van der Waals surface area contributed by atoms with E-state index in [9.17, 15) is 9.18 Å². The van der Waals surface area contributed by atoms with E-state index in [1.54, 1.807) is 13.0 Å². The number of methoxy groups -OCH3 is 1. The Balaban J connectivity index is 2.27. The van der Waals surface area contributed by atoms with Gasteiger partial charge in [-0.2, -0.15) is 0 Å². The van der Waals surface area contributed by atoms with E-state index in [-0.39, 0.29) is 18.3 Å². The summed E-state index contributed by atoms with van der Waals surface area (Å²) in [5.74, 6) is -0.761. The summed E-state index contributed by atoms with van der Waals surface area (Å²) in [4.78, 5) is 11.6. The van der Waals surface area contributed by atoms with Crippen LogP contribution in [0, 0.1) is 5.82 Å². The predicted octanol–water partition coefficient (Wildman–Crippen LogP) is 3.18. The van der Waals surface area contributed by atoms with Gasteiger partial charge in [0, 0.05) is 12.2 Å². The summed E-state index contributed by atoms with van der Waals surface area (Å²) in [5, 5.41) is 0. The number of hydrogen-bond acceptors (Lipinski definition) is 4. The van der Waals surface area contributed by atoms with Gasteiger partial charge in [0.15, 0.2) is 11.6 Å². The van der Waals surface area contributed by atoms with E-state index in [1.807, 2.05) is 0 Å². The van der Waals surface area contributed by atoms with E-state index in [0.717, 1.165) is 24.8 Å². The zero-order valence-electron chi connectivity index (χ0n) is 12.5. The lowest BCUT2D eigenvalue weighted by atomic mass is 9.97. The van der Waals surface area contributed by atoms with Gasteiger partial charge in [-0.3, -0.25) is 4.79 Å². The minimum absolute atomic E-state index is 0.00546. The lowest BCUT2D eigenvalue weighted by Crippen LogP contribution is -2.14. The molecule has 1 fully saturated rings. The topological polar surface area (TPSA) is 44.8 Å². The Labute approximate surface area is 124 Å². The molecule has 0 radical (unpaired) electrons. The molecule has 2 rings (SSSR count). The summed E-state index contributed by atoms with van der Waals surface area (Å²) < 4.78 is 29.8. The number of hydrogen-bond donors (Lipinski definition) is 0. The quantitative estimate of drug-likeness (QED) is 0.783. The van der Waals surface area contributed by atoms with Crippen molar-refractivity contribution in [2.75, 3.05) is 20.3 Å². The fourth-order valence-corrected chi connectivity index (χ4v) is 2.59. The maximum Gasteiger partial charge on any atom is 0.310 e. The summed E-state index contributed by atoms with van der Waals surface area (Å²) in [6.45, 7) is 2.72. The third kappa shape index (κ3) is 3.94. The first-order valence-corrected chi connectivity index (χ1v) is 7.29. The monoisotopic (exact) mass is 296 g/mol. The molecule has 1 unspecified atom stereocenters. The van der Waals surface area contributed by atoms with Crippen molar-refractivity contribution in [3.05, 3.63) is 29.1 Å². The molecule has 116 valence electrons. The standard InChI is InChI=1S/C16H21FO4/c1-3-20-15(18)10-12-8-11(9-13(17)16(12)19-2)14-6-4-5-7-21-14/h8-9,14H,3-7,10H2,1-2H3. The molecule has 0 saturated carbocycles. The van der Waals surface area contributed by atoms with Crippen molar-refractivity contribution in [3.63, 3.8) is 0 Å². The van der Waals surface area contributed by atoms with Crippen molar-refractivity contribution < 1.29 is 23.4 Å². The first kappa shape index (κ1) is 15.8. The molecule has 1 aliphatic rings. The molecule has 0 aromatic heterocycles. The van der Waals surface area contributed by atoms with Crippen LogP contribution in [0.15, 0.2) is 12.1 Å². The zero-order chi connectivity index (χ0) is 15.2. The van der Waals surface area contributed by atoms with E-state index in [2.05, 4.69) is 0 Å². The smallest absolute Gasteiger partial charge is 0.310 e. The molecule has 1 heterocycles. The predicted molar refractivity (Wildman–Crippen MR) is 75.8 cm³/mol. The molecule has 0 N–H and O–H groups in total. The first-order valence-electron chi connectivity index (χ1n) is 7.29. The van der Waals surface area contributed by atoms with E-state index in [4.69, 9.17) is 14.2 Å². The second kappa shape index (κ2) is 7.41. The molecule has 1 atom stereocenters. The second-order valence-corrected chi connectivity index (χ2v) is 5.03. The van der Waals surface area contributed by atoms with Gasteiger partial charge in [0.1, 0.15) is 0 Å². The Morgan fingerprint density at radius 1 is 1.43 bits per heavy atom. The highest BCUT2D eigenvalue weighted by molar-refractivity contribution is 5.73. The largest absolute Gasteiger partial charge is 0.493 e. The molecule has 1 aromatic carbocycles. The van der Waals surface area contributed by atoms with Crippen LogP contribution >= 0.6 is 0 Å². The van der Waals surface area contributed by atoms with Gasteiger partial charge in [0.25, 0.3) is 0 Å². The van der Waals surface area contributed by atoms with Crippen LogP contribution in [0.4, 0.5) is 4.39 Å². The first-order chi connectivity index (χ1) is 10.2. The van der Waals surface area contributed by atoms with Crippen molar-refractivity contribution in [3.8, 4) is 5.75 Å². The van der Waals surface area contributed by atoms with Crippen molar-refractivity contribution in [2.45, 2.75) is 38.7 Å². The van der Waals surface area contributed by atoms with Crippen molar-refractivity contribution >= 4 is 5.97 Å². The number of carbonyl (C=O) groups is 1. The minimum atomic E-state index is -0.469. The van der Waals surface area contributed by atoms with Crippen molar-refractivity contribution in [1.82, 2.24) is 0 Å². The Kier molecular flexibility index (Phi) is 5.56. The van der Waals surface area contributed by atoms with Gasteiger partial charge in [-0.25, -0.2) is 4.39 Å². The molecule has 1 saturated heterocycles. The van der Waals surface area contributed by atoms with Crippen LogP contribution in [0.25, 0.3) is 0 Å². The fraction of sp³-hybridized carbons (Fsp3) is 0.562. The Bertz CT molecular complexity index is 495. The average molecular weight is 296 g/mol. The molecule has 0 aliphatic carbocycles. The number of ether oxygens (including phenoxy) is 3. The van der Waals surface area contributed by atoms with Crippen LogP contribution in [0.2, 0.25) is 0 Å². The third-order valence-electron chi connectivity index (χ3n) is 3.54. The van der Waals surface area contributed by atoms with Gasteiger partial charge < -0.3 is 14.2 Å². The van der Waals surface area contributed by atoms with Gasteiger partial charge in [0.05, 0.1) is 26.2 Å². The van der Waals surface area contributed by atoms with Crippen molar-refractivity contribution in [2.24, 2.45) is 0 Å². The van der Waals surface area contributed by atoms with Crippen LogP contribution in [-0.4, -0.2) is 26.3 Å². The maximum absolute atomic E-state index is 14.2. The average Bonchev–Trinajstić information content (AvgIpc) is 2.48. The lowest BCUT2D eigenvalue weighted by molar-refractivity contribution is -0.142. The molecular formula is C16H21FO4. The third-order valence-corrected chi connectivity index (χ3v) is 3.54. The van der Waals surface area contributed by atoms with E-state index in [1.165, 1.54) is 13.2 Å². The van der Waals surface area contributed by atoms with Crippen molar-refractivity contribution in [1.29, 1.82) is 0 Å². The summed E-state index contributed by atoms with van der Waals surface area (Å²) >= 11 is 0. The fourth-order valence-electron chi connectivity index (χ4n) is 2.59. The number of rotatable bonds is 5. The molecule has 21 heavy (non-hydrogen) atoms. The van der Waals surface area contributed by atoms with Crippen LogP contribution < -0.4 is 4.74 Å². The zero-order valence-corrected chi connectivity index (χ0v) is 12.5. The summed E-state index contributed by atoms with van der Waals surface area (Å²) in [6.07, 6.45) is 2.84. The number of carbonyl (C=O) groups excluding carboxylic acids is 1. The second-order valence-electron chi connectivity index (χ2n) is 5.03. The molecule has 1 aromatic rings. The van der Waals surface area contributed by atoms with Gasteiger partial charge >= 0.3 is 5.97 Å². The summed E-state index contributed by atoms with van der Waals surface area (Å²) in [5.41, 5.74) is 1.26. The molecule has 4 nitrogen and oxygen atoms in total. The molecule has 0 spiro atoms. The van der Waals surface area contributed by atoms with Gasteiger partial charge in [-0.15, -0.1) is 0 Å². The highest BCUT2D eigenvalue weighted by Crippen LogP contribution is 2.33. The van der Waals surface area contributed by atoms with Gasteiger partial charge in [-0.1, -0.05) is 0 Å². The highest BCUT2D eigenvalue weighted by atomic mass is 19.1. The van der Waals surface area contributed by atoms with Gasteiger partial charge in [0.2, 0.25) is 0 Å². The molecule has 0 bridgehead atoms. The molecule has 5 heteroatoms. The molecule has 1 aliphatic heterocycles. The lowest BCUT2D eigenvalue weighted by Gasteiger charge is -2.24. The Morgan fingerprint density at radius 3 is 2.86 bits per heavy atom. The number of halogens is 1. The summed E-state index contributed by atoms with van der Waals surface area (Å²) in [6, 6.07) is 3.22. The van der Waals surface area contributed by atoms with E-state index < -0.39 is 11.8 Å². The molecule has 0 amide bonds. The Hall–Kier alpha value is -1.62. The summed E-state index contributed by atoms with van der Waals surface area (Å²) in [7, 11) is 1.39. The SMILES string of the molecule is CCOC(=O)Cc1cc(C2CCCCO2)cc(F)c1OC. The molecular weight excluding hydrogens is 275 g/mol. The maximum atomic E-state index is 14.2. The van der Waals surface area contributed by atoms with Crippen LogP contribution in [0.5, 0.6) is 5.75 Å². The van der Waals surface area contributed by atoms with E-state index >= 15 is 0 Å². The Morgan fingerprint density at radius 2 is 2.24 bits per heavy atom. The van der Waals surface area contributed by atoms with Crippen LogP contribution in [0.3, 0.4) is 0 Å². The van der Waals surface area contributed by atoms with Crippen LogP contribution in [0.1, 0.15) is 43.4 Å². The van der Waals surface area contributed by atoms with Crippen LogP contribution in [-0.2, 0) is 20.7 Å². The number of esters is 1.